The van der Waals surface area contributed by atoms with Crippen LogP contribution >= 0.6 is 0 Å². The normalized spacial score (nSPS) is 13.9. The maximum absolute atomic E-state index is 12.4. The van der Waals surface area contributed by atoms with Gasteiger partial charge in [0.05, 0.1) is 0 Å². The van der Waals surface area contributed by atoms with Crippen LogP contribution in [0.15, 0.2) is 48.7 Å². The number of pyridine rings is 1. The molecule has 2 aromatic heterocycles. The van der Waals surface area contributed by atoms with Crippen molar-refractivity contribution >= 4 is 17.5 Å². The van der Waals surface area contributed by atoms with Gasteiger partial charge in [-0.1, -0.05) is 18.2 Å². The molecule has 1 aliphatic heterocycles. The Morgan fingerprint density at radius 3 is 2.52 bits per heavy atom. The molecule has 0 spiro atoms. The molecule has 0 aliphatic carbocycles. The van der Waals surface area contributed by atoms with E-state index in [0.29, 0.717) is 17.8 Å². The first-order chi connectivity index (χ1) is 13.1. The highest BCUT2D eigenvalue weighted by Gasteiger charge is 2.19. The molecule has 1 saturated heterocycles. The molecule has 1 aromatic carbocycles. The van der Waals surface area contributed by atoms with E-state index >= 15 is 0 Å². The van der Waals surface area contributed by atoms with Crippen molar-refractivity contribution in [3.05, 3.63) is 71.2 Å². The van der Waals surface area contributed by atoms with Gasteiger partial charge in [0, 0.05) is 37.1 Å². The first-order valence-corrected chi connectivity index (χ1v) is 9.23. The fourth-order valence-corrected chi connectivity index (χ4v) is 3.40. The first-order valence-electron chi connectivity index (χ1n) is 9.23. The standard InChI is InChI=1S/C21H22N4O2/c1-15-5-4-6-19-23-18(14-25(15)19)20(26)22-13-16-7-9-17(10-8-16)21(27)24-11-2-3-12-24/h4-10,14H,2-3,11-13H2,1H3,(H,22,26). The number of carbonyl (C=O) groups is 2. The van der Waals surface area contributed by atoms with Crippen molar-refractivity contribution < 1.29 is 9.59 Å². The summed E-state index contributed by atoms with van der Waals surface area (Å²) in [4.78, 5) is 31.0. The van der Waals surface area contributed by atoms with Crippen LogP contribution in [0.4, 0.5) is 0 Å². The second-order valence-electron chi connectivity index (χ2n) is 6.90. The lowest BCUT2D eigenvalue weighted by Gasteiger charge is -2.15. The molecule has 0 atom stereocenters. The Morgan fingerprint density at radius 2 is 1.81 bits per heavy atom. The van der Waals surface area contributed by atoms with E-state index in [2.05, 4.69) is 10.3 Å². The van der Waals surface area contributed by atoms with Gasteiger partial charge >= 0.3 is 0 Å². The van der Waals surface area contributed by atoms with E-state index in [-0.39, 0.29) is 11.8 Å². The van der Waals surface area contributed by atoms with E-state index in [1.165, 1.54) is 0 Å². The van der Waals surface area contributed by atoms with E-state index in [1.54, 1.807) is 6.20 Å². The Balaban J connectivity index is 1.39. The lowest BCUT2D eigenvalue weighted by atomic mass is 10.1. The van der Waals surface area contributed by atoms with Crippen molar-refractivity contribution in [3.63, 3.8) is 0 Å². The molecule has 3 aromatic rings. The lowest BCUT2D eigenvalue weighted by Crippen LogP contribution is -2.27. The molecular weight excluding hydrogens is 340 g/mol. The number of imidazole rings is 1. The summed E-state index contributed by atoms with van der Waals surface area (Å²) in [6, 6.07) is 13.2. The van der Waals surface area contributed by atoms with Gasteiger partial charge in [0.25, 0.3) is 11.8 Å². The molecule has 6 nitrogen and oxygen atoms in total. The molecule has 0 saturated carbocycles. The number of benzene rings is 1. The Bertz CT molecular complexity index is 985. The van der Waals surface area contributed by atoms with Crippen molar-refractivity contribution in [1.82, 2.24) is 19.6 Å². The van der Waals surface area contributed by atoms with Gasteiger partial charge in [-0.2, -0.15) is 0 Å². The molecule has 3 heterocycles. The van der Waals surface area contributed by atoms with Crippen LogP contribution in [0.5, 0.6) is 0 Å². The third-order valence-electron chi connectivity index (χ3n) is 4.98. The number of fused-ring (bicyclic) bond motifs is 1. The fraction of sp³-hybridized carbons (Fsp3) is 0.286. The van der Waals surface area contributed by atoms with Crippen LogP contribution in [0.3, 0.4) is 0 Å². The number of amides is 2. The predicted octanol–water partition coefficient (Wildman–Crippen LogP) is 2.81. The van der Waals surface area contributed by atoms with Crippen LogP contribution < -0.4 is 5.32 Å². The van der Waals surface area contributed by atoms with Gasteiger partial charge in [-0.25, -0.2) is 4.98 Å². The predicted molar refractivity (Wildman–Crippen MR) is 103 cm³/mol. The van der Waals surface area contributed by atoms with Crippen LogP contribution in [-0.2, 0) is 6.54 Å². The molecule has 138 valence electrons. The average molecular weight is 362 g/mol. The van der Waals surface area contributed by atoms with Gasteiger partial charge in [-0.05, 0) is 49.6 Å². The second kappa shape index (κ2) is 7.23. The number of nitrogens with zero attached hydrogens (tertiary/aromatic N) is 3. The number of hydrogen-bond acceptors (Lipinski definition) is 3. The summed E-state index contributed by atoms with van der Waals surface area (Å²) >= 11 is 0. The summed E-state index contributed by atoms with van der Waals surface area (Å²) in [6.45, 7) is 4.05. The van der Waals surface area contributed by atoms with E-state index in [1.807, 2.05) is 58.7 Å². The smallest absolute Gasteiger partial charge is 0.271 e. The lowest BCUT2D eigenvalue weighted by molar-refractivity contribution is 0.0792. The number of aryl methyl sites for hydroxylation is 1. The summed E-state index contributed by atoms with van der Waals surface area (Å²) < 4.78 is 1.90. The SMILES string of the molecule is Cc1cccc2nc(C(=O)NCc3ccc(C(=O)N4CCCC4)cc3)cn12. The maximum Gasteiger partial charge on any atom is 0.271 e. The van der Waals surface area contributed by atoms with Crippen LogP contribution in [-0.4, -0.2) is 39.2 Å². The molecule has 1 fully saturated rings. The summed E-state index contributed by atoms with van der Waals surface area (Å²) in [5.41, 5.74) is 3.82. The Kier molecular flexibility index (Phi) is 4.62. The molecular formula is C21H22N4O2. The molecule has 2 amide bonds. The molecule has 0 radical (unpaired) electrons. The fourth-order valence-electron chi connectivity index (χ4n) is 3.40. The molecule has 0 unspecified atom stereocenters. The number of rotatable bonds is 4. The largest absolute Gasteiger partial charge is 0.347 e. The third-order valence-corrected chi connectivity index (χ3v) is 4.98. The molecule has 1 N–H and O–H groups in total. The zero-order valence-corrected chi connectivity index (χ0v) is 15.3. The molecule has 6 heteroatoms. The quantitative estimate of drug-likeness (QED) is 0.776. The number of nitrogens with one attached hydrogen (secondary N) is 1. The zero-order valence-electron chi connectivity index (χ0n) is 15.3. The maximum atomic E-state index is 12.4. The van der Waals surface area contributed by atoms with E-state index < -0.39 is 0 Å². The van der Waals surface area contributed by atoms with Crippen molar-refractivity contribution in [2.75, 3.05) is 13.1 Å². The van der Waals surface area contributed by atoms with Crippen molar-refractivity contribution in [2.45, 2.75) is 26.3 Å². The summed E-state index contributed by atoms with van der Waals surface area (Å²) in [6.07, 6.45) is 3.91. The van der Waals surface area contributed by atoms with Gasteiger partial charge in [-0.3, -0.25) is 9.59 Å². The average Bonchev–Trinajstić information content (AvgIpc) is 3.36. The number of hydrogen-bond donors (Lipinski definition) is 1. The van der Waals surface area contributed by atoms with Crippen molar-refractivity contribution in [2.24, 2.45) is 0 Å². The monoisotopic (exact) mass is 362 g/mol. The van der Waals surface area contributed by atoms with E-state index in [9.17, 15) is 9.59 Å². The van der Waals surface area contributed by atoms with Crippen LogP contribution in [0, 0.1) is 6.92 Å². The number of likely N-dealkylation sites (tertiary alicyclic amines) is 1. The number of aromatic nitrogens is 2. The molecule has 27 heavy (non-hydrogen) atoms. The summed E-state index contributed by atoms with van der Waals surface area (Å²) in [7, 11) is 0. The highest BCUT2D eigenvalue weighted by Crippen LogP contribution is 2.14. The van der Waals surface area contributed by atoms with Crippen LogP contribution in [0.25, 0.3) is 5.65 Å². The Labute approximate surface area is 157 Å². The van der Waals surface area contributed by atoms with Crippen molar-refractivity contribution in [3.8, 4) is 0 Å². The van der Waals surface area contributed by atoms with Crippen molar-refractivity contribution in [1.29, 1.82) is 0 Å². The van der Waals surface area contributed by atoms with E-state index in [0.717, 1.165) is 42.8 Å². The minimum Gasteiger partial charge on any atom is -0.347 e. The van der Waals surface area contributed by atoms with Gasteiger partial charge in [0.2, 0.25) is 0 Å². The van der Waals surface area contributed by atoms with Gasteiger partial charge in [-0.15, -0.1) is 0 Å². The van der Waals surface area contributed by atoms with Gasteiger partial charge < -0.3 is 14.6 Å². The highest BCUT2D eigenvalue weighted by atomic mass is 16.2. The summed E-state index contributed by atoms with van der Waals surface area (Å²) in [5.74, 6) is -0.126. The summed E-state index contributed by atoms with van der Waals surface area (Å²) in [5, 5.41) is 2.89. The third kappa shape index (κ3) is 3.56. The number of carbonyl (C=O) groups excluding carboxylic acids is 2. The molecule has 1 aliphatic rings. The minimum atomic E-state index is -0.213. The first kappa shape index (κ1) is 17.3. The minimum absolute atomic E-state index is 0.0863. The van der Waals surface area contributed by atoms with Gasteiger partial charge in [0.15, 0.2) is 0 Å². The zero-order chi connectivity index (χ0) is 18.8. The Morgan fingerprint density at radius 1 is 1.07 bits per heavy atom. The van der Waals surface area contributed by atoms with E-state index in [4.69, 9.17) is 0 Å². The Hall–Kier alpha value is -3.15. The highest BCUT2D eigenvalue weighted by molar-refractivity contribution is 5.94. The second-order valence-corrected chi connectivity index (χ2v) is 6.90. The van der Waals surface area contributed by atoms with Crippen LogP contribution in [0.1, 0.15) is 44.9 Å². The van der Waals surface area contributed by atoms with Crippen LogP contribution in [0.2, 0.25) is 0 Å². The molecule has 0 bridgehead atoms. The van der Waals surface area contributed by atoms with Gasteiger partial charge in [0.1, 0.15) is 11.3 Å². The topological polar surface area (TPSA) is 66.7 Å². The molecule has 4 rings (SSSR count).